The third kappa shape index (κ3) is 4.05. The minimum absolute atomic E-state index is 0.00521. The summed E-state index contributed by atoms with van der Waals surface area (Å²) in [5.74, 6) is -0.00521. The molecule has 0 radical (unpaired) electrons. The van der Waals surface area contributed by atoms with E-state index in [1.54, 1.807) is 0 Å². The van der Waals surface area contributed by atoms with Gasteiger partial charge in [0, 0.05) is 36.9 Å². The molecular weight excluding hydrogens is 412 g/mol. The molecule has 7 heteroatoms. The number of halogens is 1. The maximum Gasteiger partial charge on any atom is 0.274 e. The second kappa shape index (κ2) is 8.36. The number of hydrogen-bond donors (Lipinski definition) is 0. The minimum atomic E-state index is -0.0923. The highest BCUT2D eigenvalue weighted by Crippen LogP contribution is 2.28. The van der Waals surface area contributed by atoms with Gasteiger partial charge in [0.05, 0.1) is 18.8 Å². The number of anilines is 1. The molecule has 1 fully saturated rings. The summed E-state index contributed by atoms with van der Waals surface area (Å²) in [6, 6.07) is 17.9. The maximum atomic E-state index is 13.1. The minimum Gasteiger partial charge on any atom is -0.368 e. The summed E-state index contributed by atoms with van der Waals surface area (Å²) < 4.78 is 7.91. The molecule has 0 unspecified atom stereocenters. The largest absolute Gasteiger partial charge is 0.368 e. The van der Waals surface area contributed by atoms with Crippen LogP contribution in [0.3, 0.4) is 0 Å². The third-order valence-corrected chi connectivity index (χ3v) is 6.37. The quantitative estimate of drug-likeness (QED) is 0.620. The molecule has 1 atom stereocenters. The van der Waals surface area contributed by atoms with Gasteiger partial charge >= 0.3 is 0 Å². The van der Waals surface area contributed by atoms with Gasteiger partial charge in [-0.1, -0.05) is 41.9 Å². The molecule has 0 spiro atoms. The van der Waals surface area contributed by atoms with Crippen molar-refractivity contribution in [1.29, 1.82) is 0 Å². The number of carbonyl (C=O) groups is 1. The van der Waals surface area contributed by atoms with Gasteiger partial charge in [-0.2, -0.15) is 5.10 Å². The molecule has 6 nitrogen and oxygen atoms in total. The lowest BCUT2D eigenvalue weighted by Gasteiger charge is -2.36. The Balaban J connectivity index is 1.25. The lowest BCUT2D eigenvalue weighted by molar-refractivity contribution is -0.00121. The topological polar surface area (TPSA) is 50.6 Å². The number of nitrogens with zero attached hydrogens (tertiary/aromatic N) is 4. The number of carbonyl (C=O) groups excluding carboxylic acids is 1. The van der Waals surface area contributed by atoms with Gasteiger partial charge in [-0.25, -0.2) is 0 Å². The van der Waals surface area contributed by atoms with Crippen molar-refractivity contribution in [2.45, 2.75) is 26.2 Å². The number of benzene rings is 2. The second-order valence-corrected chi connectivity index (χ2v) is 8.56. The Morgan fingerprint density at radius 3 is 2.55 bits per heavy atom. The van der Waals surface area contributed by atoms with Crippen LogP contribution >= 0.6 is 11.6 Å². The first-order valence-electron chi connectivity index (χ1n) is 10.6. The molecule has 0 aliphatic carbocycles. The standard InChI is InChI=1S/C24H25ClN4O2/c1-17-4-2-3-5-22(17)27-10-12-28(13-11-27)24(30)21-14-20-16-31-23(15-29(20)26-21)18-6-8-19(25)9-7-18/h2-9,14,23H,10-13,15-16H2,1H3/t23-/m0/s1. The highest BCUT2D eigenvalue weighted by atomic mass is 35.5. The number of ether oxygens (including phenoxy) is 1. The van der Waals surface area contributed by atoms with Crippen LogP contribution in [-0.4, -0.2) is 46.8 Å². The van der Waals surface area contributed by atoms with Gasteiger partial charge in [0.15, 0.2) is 5.69 Å². The highest BCUT2D eigenvalue weighted by Gasteiger charge is 2.28. The van der Waals surface area contributed by atoms with Crippen molar-refractivity contribution < 1.29 is 9.53 Å². The Morgan fingerprint density at radius 1 is 1.06 bits per heavy atom. The first kappa shape index (κ1) is 20.1. The molecule has 2 aliphatic rings. The number of fused-ring (bicyclic) bond motifs is 1. The van der Waals surface area contributed by atoms with Gasteiger partial charge in [0.25, 0.3) is 5.91 Å². The van der Waals surface area contributed by atoms with E-state index in [1.165, 1.54) is 11.3 Å². The van der Waals surface area contributed by atoms with Crippen molar-refractivity contribution in [2.24, 2.45) is 0 Å². The van der Waals surface area contributed by atoms with Crippen LogP contribution < -0.4 is 4.90 Å². The first-order chi connectivity index (χ1) is 15.1. The predicted octanol–water partition coefficient (Wildman–Crippen LogP) is 4.08. The lowest BCUT2D eigenvalue weighted by atomic mass is 10.1. The molecule has 160 valence electrons. The van der Waals surface area contributed by atoms with Crippen molar-refractivity contribution in [3.8, 4) is 0 Å². The Labute approximate surface area is 187 Å². The van der Waals surface area contributed by atoms with Gasteiger partial charge in [-0.15, -0.1) is 0 Å². The number of rotatable bonds is 3. The molecule has 2 aromatic carbocycles. The number of piperazine rings is 1. The van der Waals surface area contributed by atoms with Gasteiger partial charge in [0.1, 0.15) is 6.10 Å². The maximum absolute atomic E-state index is 13.1. The lowest BCUT2D eigenvalue weighted by Crippen LogP contribution is -2.49. The van der Waals surface area contributed by atoms with E-state index in [4.69, 9.17) is 16.3 Å². The summed E-state index contributed by atoms with van der Waals surface area (Å²) in [5.41, 5.74) is 5.01. The van der Waals surface area contributed by atoms with Crippen LogP contribution in [0.5, 0.6) is 0 Å². The normalized spacial score (nSPS) is 18.7. The Hall–Kier alpha value is -2.83. The molecule has 2 aliphatic heterocycles. The Kier molecular flexibility index (Phi) is 5.42. The van der Waals surface area contributed by atoms with E-state index in [-0.39, 0.29) is 12.0 Å². The SMILES string of the molecule is Cc1ccccc1N1CCN(C(=O)c2cc3n(n2)C[C@@H](c2ccc(Cl)cc2)OC3)CC1. The fraction of sp³-hybridized carbons (Fsp3) is 0.333. The molecule has 0 saturated carbocycles. The molecule has 0 N–H and O–H groups in total. The third-order valence-electron chi connectivity index (χ3n) is 6.12. The van der Waals surface area contributed by atoms with E-state index in [0.29, 0.717) is 37.0 Å². The molecule has 0 bridgehead atoms. The highest BCUT2D eigenvalue weighted by molar-refractivity contribution is 6.30. The average molecular weight is 437 g/mol. The van der Waals surface area contributed by atoms with Crippen molar-refractivity contribution in [3.63, 3.8) is 0 Å². The smallest absolute Gasteiger partial charge is 0.274 e. The molecule has 3 aromatic rings. The van der Waals surface area contributed by atoms with Crippen molar-refractivity contribution in [2.75, 3.05) is 31.1 Å². The van der Waals surface area contributed by atoms with Gasteiger partial charge in [0.2, 0.25) is 0 Å². The summed E-state index contributed by atoms with van der Waals surface area (Å²) in [7, 11) is 0. The van der Waals surface area contributed by atoms with Gasteiger partial charge < -0.3 is 14.5 Å². The zero-order chi connectivity index (χ0) is 21.4. The van der Waals surface area contributed by atoms with E-state index >= 15 is 0 Å². The number of amides is 1. The van der Waals surface area contributed by atoms with E-state index < -0.39 is 0 Å². The van der Waals surface area contributed by atoms with Crippen molar-refractivity contribution >= 4 is 23.2 Å². The fourth-order valence-corrected chi connectivity index (χ4v) is 4.47. The van der Waals surface area contributed by atoms with E-state index in [9.17, 15) is 4.79 Å². The molecule has 31 heavy (non-hydrogen) atoms. The Bertz CT molecular complexity index is 1090. The average Bonchev–Trinajstić information content (AvgIpc) is 3.23. The summed E-state index contributed by atoms with van der Waals surface area (Å²) in [4.78, 5) is 17.3. The Morgan fingerprint density at radius 2 is 1.81 bits per heavy atom. The summed E-state index contributed by atoms with van der Waals surface area (Å²) >= 11 is 5.99. The van der Waals surface area contributed by atoms with Crippen molar-refractivity contribution in [1.82, 2.24) is 14.7 Å². The van der Waals surface area contributed by atoms with Gasteiger partial charge in [-0.05, 0) is 42.3 Å². The molecule has 1 aromatic heterocycles. The van der Waals surface area contributed by atoms with Crippen LogP contribution in [0.15, 0.2) is 54.6 Å². The molecule has 3 heterocycles. The number of hydrogen-bond acceptors (Lipinski definition) is 4. The monoisotopic (exact) mass is 436 g/mol. The number of aryl methyl sites for hydroxylation is 1. The summed E-state index contributed by atoms with van der Waals surface area (Å²) in [5, 5.41) is 5.32. The zero-order valence-corrected chi connectivity index (χ0v) is 18.3. The number of para-hydroxylation sites is 1. The van der Waals surface area contributed by atoms with Crippen LogP contribution in [0.1, 0.15) is 33.4 Å². The summed E-state index contributed by atoms with van der Waals surface area (Å²) in [6.45, 7) is 6.19. The van der Waals surface area contributed by atoms with Gasteiger partial charge in [-0.3, -0.25) is 9.48 Å². The van der Waals surface area contributed by atoms with Crippen LogP contribution in [0.2, 0.25) is 5.02 Å². The molecule has 5 rings (SSSR count). The van der Waals surface area contributed by atoms with Crippen LogP contribution in [-0.2, 0) is 17.9 Å². The van der Waals surface area contributed by atoms with E-state index in [0.717, 1.165) is 24.3 Å². The van der Waals surface area contributed by atoms with Crippen molar-refractivity contribution in [3.05, 3.63) is 82.1 Å². The van der Waals surface area contributed by atoms with Crippen LogP contribution in [0.4, 0.5) is 5.69 Å². The molecule has 1 amide bonds. The predicted molar refractivity (Wildman–Crippen MR) is 121 cm³/mol. The molecular formula is C24H25ClN4O2. The van der Waals surface area contributed by atoms with Crippen LogP contribution in [0.25, 0.3) is 0 Å². The molecule has 1 saturated heterocycles. The number of aromatic nitrogens is 2. The first-order valence-corrected chi connectivity index (χ1v) is 11.0. The zero-order valence-electron chi connectivity index (χ0n) is 17.5. The van der Waals surface area contributed by atoms with E-state index in [2.05, 4.69) is 41.2 Å². The second-order valence-electron chi connectivity index (χ2n) is 8.12. The van der Waals surface area contributed by atoms with E-state index in [1.807, 2.05) is 39.9 Å². The summed E-state index contributed by atoms with van der Waals surface area (Å²) in [6.07, 6.45) is -0.0923. The van der Waals surface area contributed by atoms with Crippen LogP contribution in [0, 0.1) is 6.92 Å². The fourth-order valence-electron chi connectivity index (χ4n) is 4.34.